The highest BCUT2D eigenvalue weighted by molar-refractivity contribution is 6.25. The van der Waals surface area contributed by atoms with Gasteiger partial charge in [0.1, 0.15) is 22.7 Å². The van der Waals surface area contributed by atoms with E-state index in [-0.39, 0.29) is 0 Å². The third kappa shape index (κ3) is 8.83. The second-order valence-electron chi connectivity index (χ2n) is 21.7. The third-order valence-electron chi connectivity index (χ3n) is 16.7. The highest BCUT2D eigenvalue weighted by Gasteiger charge is 2.26. The van der Waals surface area contributed by atoms with E-state index in [1.54, 1.807) is 0 Å². The van der Waals surface area contributed by atoms with E-state index in [2.05, 4.69) is 299 Å². The highest BCUT2D eigenvalue weighted by atomic mass is 16.3. The van der Waals surface area contributed by atoms with Gasteiger partial charge in [-0.1, -0.05) is 194 Å². The first-order valence-corrected chi connectivity index (χ1v) is 29.0. The summed E-state index contributed by atoms with van der Waals surface area (Å²) in [5.74, 6) is 1.68. The number of fused-ring (bicyclic) bond motifs is 7. The lowest BCUT2D eigenvalue weighted by atomic mass is 9.93. The molecule has 0 bridgehead atoms. The summed E-state index contributed by atoms with van der Waals surface area (Å²) in [6.45, 7) is 0. The molecule has 0 N–H and O–H groups in total. The van der Waals surface area contributed by atoms with E-state index in [9.17, 15) is 0 Å². The SMILES string of the molecule is c1ccc(-c2oc3cc(N(c4ccc(-c5ccncc5)cc4)c4cc5c6ccccc6c(N(c6ccc(-c7ccncc7)cc6)c6ccc7c(-c8ccccc8)c(-c8ccccc8)oc7c6)cc5c5ccccc45)ccc3c2-c2ccccc2)cc1. The molecule has 0 aliphatic rings. The molecule has 16 aromatic rings. The Kier molecular flexibility index (Phi) is 12.4. The van der Waals surface area contributed by atoms with Gasteiger partial charge in [0.2, 0.25) is 0 Å². The van der Waals surface area contributed by atoms with Crippen molar-refractivity contribution in [3.63, 3.8) is 0 Å². The molecule has 0 spiro atoms. The van der Waals surface area contributed by atoms with Crippen molar-refractivity contribution in [1.29, 1.82) is 0 Å². The van der Waals surface area contributed by atoms with Crippen molar-refractivity contribution in [2.24, 2.45) is 0 Å². The van der Waals surface area contributed by atoms with Crippen molar-refractivity contribution in [1.82, 2.24) is 9.97 Å². The maximum Gasteiger partial charge on any atom is 0.143 e. The summed E-state index contributed by atoms with van der Waals surface area (Å²) in [6, 6.07) is 104. The zero-order valence-electron chi connectivity index (χ0n) is 46.6. The molecule has 0 fully saturated rings. The van der Waals surface area contributed by atoms with Crippen LogP contribution in [0.4, 0.5) is 34.1 Å². The first-order valence-electron chi connectivity index (χ1n) is 29.0. The van der Waals surface area contributed by atoms with Gasteiger partial charge in [0.15, 0.2) is 0 Å². The van der Waals surface area contributed by atoms with E-state index in [0.29, 0.717) is 0 Å². The molecule has 0 atom stereocenters. The van der Waals surface area contributed by atoms with Gasteiger partial charge in [0.05, 0.1) is 11.4 Å². The van der Waals surface area contributed by atoms with Gasteiger partial charge in [-0.05, 0) is 140 Å². The number of furan rings is 2. The largest absolute Gasteiger partial charge is 0.455 e. The van der Waals surface area contributed by atoms with Gasteiger partial charge < -0.3 is 18.6 Å². The van der Waals surface area contributed by atoms with Crippen LogP contribution in [0.25, 0.3) is 121 Å². The number of hydrogen-bond donors (Lipinski definition) is 0. The molecular formula is C80H52N4O2. The Hall–Kier alpha value is -11.6. The molecule has 0 unspecified atom stereocenters. The summed E-state index contributed by atoms with van der Waals surface area (Å²) in [6.07, 6.45) is 7.38. The molecule has 0 saturated heterocycles. The van der Waals surface area contributed by atoms with Crippen LogP contribution in [0.1, 0.15) is 0 Å². The maximum absolute atomic E-state index is 7.06. The minimum Gasteiger partial charge on any atom is -0.455 e. The Labute approximate surface area is 497 Å². The van der Waals surface area contributed by atoms with E-state index in [4.69, 9.17) is 8.83 Å². The lowest BCUT2D eigenvalue weighted by Gasteiger charge is -2.30. The molecule has 0 aliphatic carbocycles. The maximum atomic E-state index is 7.06. The normalized spacial score (nSPS) is 11.5. The van der Waals surface area contributed by atoms with E-state index in [1.807, 2.05) is 36.9 Å². The minimum atomic E-state index is 0.799. The fourth-order valence-corrected chi connectivity index (χ4v) is 12.6. The summed E-state index contributed by atoms with van der Waals surface area (Å²) in [5, 5.41) is 8.79. The number of pyridine rings is 2. The zero-order valence-corrected chi connectivity index (χ0v) is 46.6. The summed E-state index contributed by atoms with van der Waals surface area (Å²) in [7, 11) is 0. The molecule has 404 valence electrons. The number of anilines is 6. The number of nitrogens with zero attached hydrogens (tertiary/aromatic N) is 4. The van der Waals surface area contributed by atoms with Crippen molar-refractivity contribution < 1.29 is 8.83 Å². The topological polar surface area (TPSA) is 58.5 Å². The highest BCUT2D eigenvalue weighted by Crippen LogP contribution is 2.51. The van der Waals surface area contributed by atoms with Crippen molar-refractivity contribution in [2.45, 2.75) is 0 Å². The van der Waals surface area contributed by atoms with Crippen LogP contribution in [0, 0.1) is 0 Å². The Morgan fingerprint density at radius 2 is 0.535 bits per heavy atom. The first-order chi connectivity index (χ1) is 42.7. The van der Waals surface area contributed by atoms with E-state index >= 15 is 0 Å². The smallest absolute Gasteiger partial charge is 0.143 e. The van der Waals surface area contributed by atoms with Crippen LogP contribution in [0.2, 0.25) is 0 Å². The van der Waals surface area contributed by atoms with Gasteiger partial charge in [0, 0.05) is 103 Å². The number of aromatic nitrogens is 2. The Balaban J connectivity index is 0.921. The van der Waals surface area contributed by atoms with E-state index < -0.39 is 0 Å². The van der Waals surface area contributed by atoms with Gasteiger partial charge in [-0.15, -0.1) is 0 Å². The van der Waals surface area contributed by atoms with Crippen LogP contribution in [0.5, 0.6) is 0 Å². The van der Waals surface area contributed by atoms with Crippen LogP contribution in [0.15, 0.2) is 325 Å². The van der Waals surface area contributed by atoms with Gasteiger partial charge in [0.25, 0.3) is 0 Å². The third-order valence-corrected chi connectivity index (χ3v) is 16.7. The molecule has 0 radical (unpaired) electrons. The molecule has 6 heteroatoms. The number of benzene rings is 12. The molecule has 86 heavy (non-hydrogen) atoms. The summed E-state index contributed by atoms with van der Waals surface area (Å²) < 4.78 is 14.1. The molecule has 6 nitrogen and oxygen atoms in total. The van der Waals surface area contributed by atoms with E-state index in [1.165, 1.54) is 0 Å². The average molecular weight is 1100 g/mol. The molecule has 16 rings (SSSR count). The standard InChI is InChI=1S/C80H52N4O2/c1-5-17-57(18-6-1)77-69-39-37-63(49-75(69)85-79(77)59-21-9-3-10-22-59)83(61-33-29-53(30-34-61)55-41-45-81-46-42-55)73-51-71-66-26-14-16-28-68(66)74(52-72(71)65-25-13-15-27-67(65)73)84(62-35-31-54(32-36-62)56-43-47-82-48-44-56)64-38-40-70-76(50-64)86-80(60-23-11-4-12-24-60)78(70)58-19-7-2-8-20-58/h1-52H. The number of hydrogen-bond acceptors (Lipinski definition) is 6. The van der Waals surface area contributed by atoms with Gasteiger partial charge in [-0.2, -0.15) is 0 Å². The quantitative estimate of drug-likeness (QED) is 0.114. The monoisotopic (exact) mass is 1100 g/mol. The van der Waals surface area contributed by atoms with Crippen molar-refractivity contribution >= 4 is 88.4 Å². The summed E-state index contributed by atoms with van der Waals surface area (Å²) in [5.41, 5.74) is 18.4. The predicted octanol–water partition coefficient (Wildman–Crippen LogP) is 22.4. The lowest BCUT2D eigenvalue weighted by Crippen LogP contribution is -2.12. The van der Waals surface area contributed by atoms with Crippen LogP contribution in [-0.4, -0.2) is 9.97 Å². The first kappa shape index (κ1) is 50.2. The van der Waals surface area contributed by atoms with Crippen molar-refractivity contribution in [3.05, 3.63) is 316 Å². The second kappa shape index (κ2) is 21.3. The molecule has 4 aromatic heterocycles. The van der Waals surface area contributed by atoms with Crippen LogP contribution in [-0.2, 0) is 0 Å². The van der Waals surface area contributed by atoms with E-state index in [0.717, 1.165) is 156 Å². The fraction of sp³-hybridized carbons (Fsp3) is 0. The molecule has 0 saturated carbocycles. The molecule has 4 heterocycles. The summed E-state index contributed by atoms with van der Waals surface area (Å²) in [4.78, 5) is 13.4. The average Bonchev–Trinajstić information content (AvgIpc) is 1.29. The van der Waals surface area contributed by atoms with Gasteiger partial charge >= 0.3 is 0 Å². The van der Waals surface area contributed by atoms with Gasteiger partial charge in [-0.3, -0.25) is 9.97 Å². The van der Waals surface area contributed by atoms with Crippen LogP contribution >= 0.6 is 0 Å². The number of rotatable bonds is 12. The van der Waals surface area contributed by atoms with Crippen LogP contribution in [0.3, 0.4) is 0 Å². The molecular weight excluding hydrogens is 1050 g/mol. The fourth-order valence-electron chi connectivity index (χ4n) is 12.6. The Morgan fingerprint density at radius 1 is 0.221 bits per heavy atom. The Morgan fingerprint density at radius 3 is 0.907 bits per heavy atom. The molecule has 0 aliphatic heterocycles. The van der Waals surface area contributed by atoms with Crippen molar-refractivity contribution in [3.8, 4) is 67.2 Å². The second-order valence-corrected chi connectivity index (χ2v) is 21.7. The summed E-state index contributed by atoms with van der Waals surface area (Å²) >= 11 is 0. The van der Waals surface area contributed by atoms with Crippen molar-refractivity contribution in [2.75, 3.05) is 9.80 Å². The van der Waals surface area contributed by atoms with Crippen LogP contribution < -0.4 is 9.80 Å². The Bertz CT molecular complexity index is 4800. The molecule has 12 aromatic carbocycles. The minimum absolute atomic E-state index is 0.799. The predicted molar refractivity (Wildman–Crippen MR) is 356 cm³/mol. The molecule has 0 amide bonds. The lowest BCUT2D eigenvalue weighted by molar-refractivity contribution is 0.632. The zero-order chi connectivity index (χ0) is 56.9. The van der Waals surface area contributed by atoms with Gasteiger partial charge in [-0.25, -0.2) is 0 Å².